The number of ether oxygens (including phenoxy) is 1. The van der Waals surface area contributed by atoms with E-state index in [9.17, 15) is 14.3 Å². The Hall–Kier alpha value is -3.50. The van der Waals surface area contributed by atoms with E-state index >= 15 is 0 Å². The number of halogens is 1. The second kappa shape index (κ2) is 10.3. The lowest BCUT2D eigenvalue weighted by molar-refractivity contribution is 0.110. The number of nitrogens with one attached hydrogen (secondary N) is 1. The zero-order valence-electron chi connectivity index (χ0n) is 21.6. The molecule has 1 amide bonds. The summed E-state index contributed by atoms with van der Waals surface area (Å²) in [5.41, 5.74) is 3.50. The maximum atomic E-state index is 14.5. The van der Waals surface area contributed by atoms with Gasteiger partial charge < -0.3 is 25.0 Å². The number of fused-ring (bicyclic) bond motifs is 2. The molecule has 0 spiro atoms. The van der Waals surface area contributed by atoms with Crippen LogP contribution in [0.3, 0.4) is 0 Å². The summed E-state index contributed by atoms with van der Waals surface area (Å²) in [5.74, 6) is -0.238. The van der Waals surface area contributed by atoms with E-state index in [4.69, 9.17) is 14.7 Å². The molecule has 0 aliphatic carbocycles. The molecule has 4 heterocycles. The molecule has 0 bridgehead atoms. The van der Waals surface area contributed by atoms with Crippen molar-refractivity contribution in [3.8, 4) is 6.01 Å². The minimum absolute atomic E-state index is 0.238. The third-order valence-electron chi connectivity index (χ3n) is 8.14. The fourth-order valence-electron chi connectivity index (χ4n) is 6.05. The SMILES string of the molecule is CN1CCC[C@H]1COc1nc2c(c(C3CNCCN3C(=O)O)n1)CCN(c1cccc3c(F)cccc13)C2. The number of likely N-dealkylation sites (tertiary alicyclic amines) is 1. The standard InChI is InChI=1S/C28H33FN6O3/c1-33-12-4-5-18(33)17-38-27-31-23-16-34(24-9-3-6-19-20(24)7-2-8-22(19)29)13-10-21(23)26(32-27)25-15-30-11-14-35(25)28(36)37/h2-3,6-9,18,25,30H,4-5,10-17H2,1H3,(H,36,37)/t18-,25?/m0/s1. The molecule has 2 saturated heterocycles. The first-order valence-electron chi connectivity index (χ1n) is 13.3. The van der Waals surface area contributed by atoms with Gasteiger partial charge in [-0.1, -0.05) is 24.3 Å². The Bertz CT molecular complexity index is 1350. The summed E-state index contributed by atoms with van der Waals surface area (Å²) < 4.78 is 20.7. The largest absolute Gasteiger partial charge is 0.465 e. The molecule has 200 valence electrons. The van der Waals surface area contributed by atoms with Gasteiger partial charge in [0.25, 0.3) is 0 Å². The summed E-state index contributed by atoms with van der Waals surface area (Å²) >= 11 is 0. The first-order valence-corrected chi connectivity index (χ1v) is 13.3. The van der Waals surface area contributed by atoms with E-state index in [2.05, 4.69) is 22.2 Å². The molecule has 0 radical (unpaired) electrons. The van der Waals surface area contributed by atoms with Crippen molar-refractivity contribution in [1.29, 1.82) is 0 Å². The lowest BCUT2D eigenvalue weighted by atomic mass is 9.96. The van der Waals surface area contributed by atoms with E-state index < -0.39 is 12.1 Å². The molecule has 1 aromatic heterocycles. The Morgan fingerprint density at radius 2 is 2.00 bits per heavy atom. The van der Waals surface area contributed by atoms with Crippen LogP contribution in [0, 0.1) is 5.82 Å². The number of rotatable bonds is 5. The number of amides is 1. The van der Waals surface area contributed by atoms with Crippen LogP contribution in [0.15, 0.2) is 36.4 Å². The fourth-order valence-corrected chi connectivity index (χ4v) is 6.05. The first kappa shape index (κ1) is 24.8. The number of benzene rings is 2. The number of hydrogen-bond acceptors (Lipinski definition) is 7. The third-order valence-corrected chi connectivity index (χ3v) is 8.14. The van der Waals surface area contributed by atoms with Crippen LogP contribution < -0.4 is 15.0 Å². The van der Waals surface area contributed by atoms with E-state index in [-0.39, 0.29) is 5.82 Å². The van der Waals surface area contributed by atoms with Crippen molar-refractivity contribution in [3.05, 3.63) is 59.2 Å². The van der Waals surface area contributed by atoms with Crippen molar-refractivity contribution in [2.75, 3.05) is 51.3 Å². The van der Waals surface area contributed by atoms with E-state index in [0.717, 1.165) is 47.4 Å². The average Bonchev–Trinajstić information content (AvgIpc) is 3.35. The summed E-state index contributed by atoms with van der Waals surface area (Å²) in [4.78, 5) is 27.7. The highest BCUT2D eigenvalue weighted by molar-refractivity contribution is 5.94. The molecule has 3 aromatic rings. The topological polar surface area (TPSA) is 94.1 Å². The molecule has 3 aliphatic heterocycles. The Kier molecular flexibility index (Phi) is 6.75. The Labute approximate surface area is 221 Å². The number of hydrogen-bond donors (Lipinski definition) is 2. The van der Waals surface area contributed by atoms with Crippen LogP contribution in [0.1, 0.15) is 35.8 Å². The molecule has 2 N–H and O–H groups in total. The number of aromatic nitrogens is 2. The van der Waals surface area contributed by atoms with E-state index in [0.29, 0.717) is 63.2 Å². The molecule has 2 atom stereocenters. The normalized spacial score (nSPS) is 22.1. The van der Waals surface area contributed by atoms with Crippen LogP contribution in [0.2, 0.25) is 0 Å². The minimum atomic E-state index is -0.950. The molecular weight excluding hydrogens is 487 g/mol. The van der Waals surface area contributed by atoms with Crippen LogP contribution in [0.25, 0.3) is 10.8 Å². The van der Waals surface area contributed by atoms with Gasteiger partial charge in [-0.2, -0.15) is 9.97 Å². The second-order valence-electron chi connectivity index (χ2n) is 10.4. The van der Waals surface area contributed by atoms with Gasteiger partial charge in [-0.3, -0.25) is 4.90 Å². The lowest BCUT2D eigenvalue weighted by Gasteiger charge is -2.37. The first-order chi connectivity index (χ1) is 18.5. The number of carbonyl (C=O) groups is 1. The quantitative estimate of drug-likeness (QED) is 0.529. The van der Waals surface area contributed by atoms with E-state index in [1.54, 1.807) is 12.1 Å². The van der Waals surface area contributed by atoms with Crippen molar-refractivity contribution in [2.45, 2.75) is 37.9 Å². The van der Waals surface area contributed by atoms with Gasteiger partial charge in [-0.25, -0.2) is 9.18 Å². The monoisotopic (exact) mass is 520 g/mol. The van der Waals surface area contributed by atoms with Gasteiger partial charge in [0.05, 0.1) is 24.0 Å². The number of likely N-dealkylation sites (N-methyl/N-ethyl adjacent to an activating group) is 1. The number of piperazine rings is 1. The predicted molar refractivity (Wildman–Crippen MR) is 142 cm³/mol. The summed E-state index contributed by atoms with van der Waals surface area (Å²) in [7, 11) is 2.10. The molecule has 38 heavy (non-hydrogen) atoms. The maximum absolute atomic E-state index is 14.5. The molecule has 0 saturated carbocycles. The molecule has 10 heteroatoms. The van der Waals surface area contributed by atoms with Crippen molar-refractivity contribution in [1.82, 2.24) is 25.1 Å². The third kappa shape index (κ3) is 4.63. The number of carboxylic acid groups (broad SMARTS) is 1. The van der Waals surface area contributed by atoms with Gasteiger partial charge in [-0.15, -0.1) is 0 Å². The molecule has 2 aromatic carbocycles. The van der Waals surface area contributed by atoms with E-state index in [1.165, 1.54) is 11.0 Å². The number of nitrogens with zero attached hydrogens (tertiary/aromatic N) is 5. The summed E-state index contributed by atoms with van der Waals surface area (Å²) in [6.07, 6.45) is 1.92. The van der Waals surface area contributed by atoms with Crippen LogP contribution in [0.4, 0.5) is 14.9 Å². The Morgan fingerprint density at radius 1 is 1.16 bits per heavy atom. The van der Waals surface area contributed by atoms with Gasteiger partial charge >= 0.3 is 12.1 Å². The molecule has 3 aliphatic rings. The highest BCUT2D eigenvalue weighted by Crippen LogP contribution is 2.35. The highest BCUT2D eigenvalue weighted by atomic mass is 19.1. The van der Waals surface area contributed by atoms with Gasteiger partial charge in [0.1, 0.15) is 12.4 Å². The zero-order valence-corrected chi connectivity index (χ0v) is 21.6. The average molecular weight is 521 g/mol. The second-order valence-corrected chi connectivity index (χ2v) is 10.4. The van der Waals surface area contributed by atoms with Gasteiger partial charge in [0.2, 0.25) is 0 Å². The van der Waals surface area contributed by atoms with Gasteiger partial charge in [-0.05, 0) is 45.0 Å². The van der Waals surface area contributed by atoms with Gasteiger partial charge in [0, 0.05) is 54.2 Å². The Balaban J connectivity index is 1.37. The Morgan fingerprint density at radius 3 is 2.82 bits per heavy atom. The smallest absolute Gasteiger partial charge is 0.407 e. The molecule has 2 fully saturated rings. The molecular formula is C28H33FN6O3. The highest BCUT2D eigenvalue weighted by Gasteiger charge is 2.34. The number of anilines is 1. The lowest BCUT2D eigenvalue weighted by Crippen LogP contribution is -2.49. The van der Waals surface area contributed by atoms with Gasteiger partial charge in [0.15, 0.2) is 0 Å². The fraction of sp³-hybridized carbons (Fsp3) is 0.464. The van der Waals surface area contributed by atoms with Crippen molar-refractivity contribution in [2.24, 2.45) is 0 Å². The van der Waals surface area contributed by atoms with Crippen LogP contribution in [0.5, 0.6) is 6.01 Å². The van der Waals surface area contributed by atoms with Crippen LogP contribution in [-0.4, -0.2) is 83.4 Å². The summed E-state index contributed by atoms with van der Waals surface area (Å²) in [6.45, 7) is 4.24. The summed E-state index contributed by atoms with van der Waals surface area (Å²) in [6, 6.07) is 11.1. The van der Waals surface area contributed by atoms with Crippen molar-refractivity contribution < 1.29 is 19.0 Å². The molecule has 9 nitrogen and oxygen atoms in total. The van der Waals surface area contributed by atoms with Crippen LogP contribution >= 0.6 is 0 Å². The maximum Gasteiger partial charge on any atom is 0.407 e. The van der Waals surface area contributed by atoms with Crippen LogP contribution in [-0.2, 0) is 13.0 Å². The molecule has 1 unspecified atom stereocenters. The van der Waals surface area contributed by atoms with E-state index in [1.807, 2.05) is 18.2 Å². The minimum Gasteiger partial charge on any atom is -0.465 e. The van der Waals surface area contributed by atoms with Crippen molar-refractivity contribution in [3.63, 3.8) is 0 Å². The van der Waals surface area contributed by atoms with Crippen molar-refractivity contribution >= 4 is 22.6 Å². The zero-order chi connectivity index (χ0) is 26.2. The molecule has 6 rings (SSSR count). The predicted octanol–water partition coefficient (Wildman–Crippen LogP) is 3.43. The summed E-state index contributed by atoms with van der Waals surface area (Å²) in [5, 5.41) is 14.7.